The highest BCUT2D eigenvalue weighted by Gasteiger charge is 2.35. The Morgan fingerprint density at radius 2 is 1.39 bits per heavy atom. The van der Waals surface area contributed by atoms with Gasteiger partial charge in [0.05, 0.1) is 5.70 Å². The minimum atomic E-state index is -0.817. The van der Waals surface area contributed by atoms with Crippen molar-refractivity contribution in [2.75, 3.05) is 4.90 Å². The van der Waals surface area contributed by atoms with Gasteiger partial charge in [-0.2, -0.15) is 0 Å². The third-order valence-corrected chi connectivity index (χ3v) is 5.97. The van der Waals surface area contributed by atoms with Crippen LogP contribution in [-0.2, 0) is 16.0 Å². The van der Waals surface area contributed by atoms with Crippen LogP contribution in [0.4, 0.5) is 11.4 Å². The van der Waals surface area contributed by atoms with E-state index in [1.807, 2.05) is 38.1 Å². The van der Waals surface area contributed by atoms with Gasteiger partial charge in [-0.25, -0.2) is 0 Å². The second-order valence-electron chi connectivity index (χ2n) is 8.55. The lowest BCUT2D eigenvalue weighted by Crippen LogP contribution is -2.46. The molecule has 3 aromatic rings. The Hall–Kier alpha value is -3.28. The first-order valence-corrected chi connectivity index (χ1v) is 11.2. The molecule has 168 valence electrons. The average molecular weight is 480 g/mol. The molecule has 3 aromatic carbocycles. The van der Waals surface area contributed by atoms with Crippen molar-refractivity contribution in [3.63, 3.8) is 0 Å². The Labute approximate surface area is 202 Å². The van der Waals surface area contributed by atoms with Gasteiger partial charge in [0.15, 0.2) is 0 Å². The summed E-state index contributed by atoms with van der Waals surface area (Å²) in [6.07, 6.45) is 0.741. The zero-order valence-corrected chi connectivity index (χ0v) is 19.7. The van der Waals surface area contributed by atoms with Crippen molar-refractivity contribution in [1.82, 2.24) is 5.32 Å². The maximum Gasteiger partial charge on any atom is 0.270 e. The number of rotatable bonds is 4. The normalized spacial score (nSPS) is 15.8. The van der Waals surface area contributed by atoms with Gasteiger partial charge >= 0.3 is 0 Å². The molecule has 33 heavy (non-hydrogen) atoms. The molecule has 0 atom stereocenters. The van der Waals surface area contributed by atoms with Crippen LogP contribution in [-0.4, -0.2) is 17.4 Å². The first-order chi connectivity index (χ1) is 15.7. The van der Waals surface area contributed by atoms with Crippen molar-refractivity contribution in [2.24, 2.45) is 5.73 Å². The Morgan fingerprint density at radius 3 is 1.91 bits per heavy atom. The molecule has 0 radical (unpaired) electrons. The number of halogens is 2. The smallest absolute Gasteiger partial charge is 0.270 e. The van der Waals surface area contributed by atoms with Gasteiger partial charge in [-0.15, -0.1) is 0 Å². The number of nitrogens with two attached hydrogens (primary N) is 1. The van der Waals surface area contributed by atoms with Gasteiger partial charge in [0.1, 0.15) is 5.57 Å². The summed E-state index contributed by atoms with van der Waals surface area (Å²) in [5.74, 6) is -1.37. The van der Waals surface area contributed by atoms with E-state index in [1.54, 1.807) is 48.5 Å². The molecule has 5 nitrogen and oxygen atoms in total. The van der Waals surface area contributed by atoms with Crippen LogP contribution in [0.3, 0.4) is 0 Å². The van der Waals surface area contributed by atoms with Gasteiger partial charge in [0, 0.05) is 32.5 Å². The van der Waals surface area contributed by atoms with E-state index in [1.165, 1.54) is 4.90 Å². The van der Waals surface area contributed by atoms with E-state index in [0.717, 1.165) is 17.5 Å². The lowest BCUT2D eigenvalue weighted by atomic mass is 9.84. The predicted octanol–water partition coefficient (Wildman–Crippen LogP) is 5.48. The van der Waals surface area contributed by atoms with Gasteiger partial charge in [-0.05, 0) is 74.4 Å². The van der Waals surface area contributed by atoms with Crippen molar-refractivity contribution in [2.45, 2.75) is 25.8 Å². The average Bonchev–Trinajstić information content (AvgIpc) is 2.76. The van der Waals surface area contributed by atoms with Crippen LogP contribution in [0.5, 0.6) is 0 Å². The molecule has 4 rings (SSSR count). The predicted molar refractivity (Wildman–Crippen MR) is 134 cm³/mol. The Bertz CT molecular complexity index is 1200. The van der Waals surface area contributed by atoms with Gasteiger partial charge < -0.3 is 11.1 Å². The molecule has 1 heterocycles. The SMILES string of the molecule is CC1(C)Cc2ccccc2C(=C(C(N)=O)C(=O)N(c2ccc(Cl)cc2)c2ccc(Cl)cc2)N1. The molecule has 0 fully saturated rings. The number of hydrogen-bond acceptors (Lipinski definition) is 3. The molecule has 1 aliphatic heterocycles. The van der Waals surface area contributed by atoms with Gasteiger partial charge in [-0.1, -0.05) is 47.5 Å². The highest BCUT2D eigenvalue weighted by Crippen LogP contribution is 2.35. The molecular formula is C26H23Cl2N3O2. The summed E-state index contributed by atoms with van der Waals surface area (Å²) in [5.41, 5.74) is 8.64. The lowest BCUT2D eigenvalue weighted by molar-refractivity contribution is -0.120. The van der Waals surface area contributed by atoms with Crippen LogP contribution >= 0.6 is 23.2 Å². The minimum absolute atomic E-state index is 0.125. The molecule has 0 bridgehead atoms. The molecule has 3 N–H and O–H groups in total. The Morgan fingerprint density at radius 1 is 0.879 bits per heavy atom. The van der Waals surface area contributed by atoms with Crippen LogP contribution < -0.4 is 16.0 Å². The first-order valence-electron chi connectivity index (χ1n) is 10.4. The van der Waals surface area contributed by atoms with Crippen LogP contribution in [0.2, 0.25) is 10.0 Å². The zero-order valence-electron chi connectivity index (χ0n) is 18.2. The topological polar surface area (TPSA) is 75.4 Å². The van der Waals surface area contributed by atoms with E-state index >= 15 is 0 Å². The fourth-order valence-electron chi connectivity index (χ4n) is 4.05. The summed E-state index contributed by atoms with van der Waals surface area (Å²) >= 11 is 12.1. The largest absolute Gasteiger partial charge is 0.379 e. The number of anilines is 2. The van der Waals surface area contributed by atoms with Crippen LogP contribution in [0.15, 0.2) is 78.4 Å². The Kier molecular flexibility index (Phi) is 6.19. The van der Waals surface area contributed by atoms with E-state index in [4.69, 9.17) is 28.9 Å². The second-order valence-corrected chi connectivity index (χ2v) is 9.42. The summed E-state index contributed by atoms with van der Waals surface area (Å²) < 4.78 is 0. The number of carbonyl (C=O) groups excluding carboxylic acids is 2. The van der Waals surface area contributed by atoms with Crippen LogP contribution in [0.1, 0.15) is 25.0 Å². The molecule has 0 aliphatic carbocycles. The standard InChI is InChI=1S/C26H23Cl2N3O2/c1-26(2)15-16-5-3-4-6-21(16)23(30-26)22(24(29)32)25(33)31(19-11-7-17(27)8-12-19)20-13-9-18(28)10-14-20/h3-14,30H,15H2,1-2H3,(H2,29,32). The van der Waals surface area contributed by atoms with Crippen molar-refractivity contribution in [3.05, 3.63) is 99.5 Å². The third kappa shape index (κ3) is 4.75. The number of fused-ring (bicyclic) bond motifs is 1. The summed E-state index contributed by atoms with van der Waals surface area (Å²) in [7, 11) is 0. The summed E-state index contributed by atoms with van der Waals surface area (Å²) in [4.78, 5) is 28.2. The number of nitrogens with zero attached hydrogens (tertiary/aromatic N) is 1. The molecule has 0 aromatic heterocycles. The van der Waals surface area contributed by atoms with Crippen molar-refractivity contribution < 1.29 is 9.59 Å². The van der Waals surface area contributed by atoms with Gasteiger partial charge in [-0.3, -0.25) is 14.5 Å². The fraction of sp³-hybridized carbons (Fsp3) is 0.154. The highest BCUT2D eigenvalue weighted by molar-refractivity contribution is 6.32. The van der Waals surface area contributed by atoms with Crippen molar-refractivity contribution in [1.29, 1.82) is 0 Å². The molecule has 0 spiro atoms. The first kappa shape index (κ1) is 22.9. The molecule has 0 unspecified atom stereocenters. The fourth-order valence-corrected chi connectivity index (χ4v) is 4.30. The van der Waals surface area contributed by atoms with E-state index in [2.05, 4.69) is 5.32 Å². The third-order valence-electron chi connectivity index (χ3n) is 5.47. The number of hydrogen-bond donors (Lipinski definition) is 2. The van der Waals surface area contributed by atoms with Gasteiger partial charge in [0.2, 0.25) is 0 Å². The number of carbonyl (C=O) groups is 2. The van der Waals surface area contributed by atoms with Crippen molar-refractivity contribution in [3.8, 4) is 0 Å². The van der Waals surface area contributed by atoms with Crippen LogP contribution in [0, 0.1) is 0 Å². The van der Waals surface area contributed by atoms with Crippen LogP contribution in [0.25, 0.3) is 5.70 Å². The van der Waals surface area contributed by atoms with Gasteiger partial charge in [0.25, 0.3) is 11.8 Å². The maximum absolute atomic E-state index is 14.0. The summed E-state index contributed by atoms with van der Waals surface area (Å²) in [6.45, 7) is 4.03. The van der Waals surface area contributed by atoms with Crippen molar-refractivity contribution >= 4 is 52.1 Å². The van der Waals surface area contributed by atoms with E-state index in [0.29, 0.717) is 27.1 Å². The molecular weight excluding hydrogens is 457 g/mol. The number of amides is 2. The Balaban J connectivity index is 1.94. The molecule has 0 saturated carbocycles. The quantitative estimate of drug-likeness (QED) is 0.295. The number of benzene rings is 3. The second kappa shape index (κ2) is 8.93. The summed E-state index contributed by atoms with van der Waals surface area (Å²) in [6, 6.07) is 21.3. The minimum Gasteiger partial charge on any atom is -0.379 e. The molecule has 1 aliphatic rings. The maximum atomic E-state index is 14.0. The molecule has 0 saturated heterocycles. The molecule has 2 amide bonds. The number of nitrogens with one attached hydrogen (secondary N) is 1. The van der Waals surface area contributed by atoms with E-state index in [-0.39, 0.29) is 11.1 Å². The zero-order chi connectivity index (χ0) is 23.8. The van der Waals surface area contributed by atoms with E-state index < -0.39 is 11.8 Å². The van der Waals surface area contributed by atoms with E-state index in [9.17, 15) is 9.59 Å². The molecule has 7 heteroatoms. The monoisotopic (exact) mass is 479 g/mol. The highest BCUT2D eigenvalue weighted by atomic mass is 35.5. The lowest BCUT2D eigenvalue weighted by Gasteiger charge is -2.37. The number of primary amides is 1. The summed E-state index contributed by atoms with van der Waals surface area (Å²) in [5, 5.41) is 4.43.